The van der Waals surface area contributed by atoms with Gasteiger partial charge in [0.1, 0.15) is 17.6 Å². The second kappa shape index (κ2) is 11.2. The molecule has 0 unspecified atom stereocenters. The van der Waals surface area contributed by atoms with E-state index in [0.717, 1.165) is 30.9 Å². The molecule has 8 heteroatoms. The van der Waals surface area contributed by atoms with Gasteiger partial charge in [-0.2, -0.15) is 0 Å². The first-order valence-corrected chi connectivity index (χ1v) is 12.8. The highest BCUT2D eigenvalue weighted by Crippen LogP contribution is 2.40. The van der Waals surface area contributed by atoms with Gasteiger partial charge in [0.15, 0.2) is 0 Å². The number of hydrogen-bond donors (Lipinski definition) is 1. The number of aliphatic hydroxyl groups excluding tert-OH is 1. The Bertz CT molecular complexity index is 1220. The van der Waals surface area contributed by atoms with Crippen molar-refractivity contribution in [2.24, 2.45) is 0 Å². The van der Waals surface area contributed by atoms with Crippen LogP contribution in [0.5, 0.6) is 5.75 Å². The average Bonchev–Trinajstić information content (AvgIpc) is 3.41. The summed E-state index contributed by atoms with van der Waals surface area (Å²) in [5.41, 5.74) is 2.45. The minimum absolute atomic E-state index is 0.0390. The van der Waals surface area contributed by atoms with E-state index in [0.29, 0.717) is 36.1 Å². The molecule has 2 aromatic rings. The number of benzene rings is 2. The summed E-state index contributed by atoms with van der Waals surface area (Å²) in [5, 5.41) is 11.4. The molecule has 0 bridgehead atoms. The molecule has 196 valence electrons. The van der Waals surface area contributed by atoms with Gasteiger partial charge in [-0.05, 0) is 74.4 Å². The third kappa shape index (κ3) is 5.25. The van der Waals surface area contributed by atoms with Crippen molar-refractivity contribution < 1.29 is 29.0 Å². The van der Waals surface area contributed by atoms with Gasteiger partial charge in [0, 0.05) is 18.5 Å². The molecule has 1 saturated heterocycles. The number of ketones is 1. The fourth-order valence-corrected chi connectivity index (χ4v) is 5.11. The van der Waals surface area contributed by atoms with Crippen molar-refractivity contribution in [2.75, 3.05) is 33.3 Å². The molecule has 0 saturated carbocycles. The maximum Gasteiger partial charge on any atom is 0.337 e. The molecule has 8 nitrogen and oxygen atoms in total. The van der Waals surface area contributed by atoms with Gasteiger partial charge < -0.3 is 24.4 Å². The molecule has 37 heavy (non-hydrogen) atoms. The minimum Gasteiger partial charge on any atom is -0.507 e. The summed E-state index contributed by atoms with van der Waals surface area (Å²) in [5.74, 6) is -1.28. The summed E-state index contributed by atoms with van der Waals surface area (Å²) in [6, 6.07) is 11.1. The van der Waals surface area contributed by atoms with Gasteiger partial charge in [0.2, 0.25) is 0 Å². The van der Waals surface area contributed by atoms with E-state index in [9.17, 15) is 19.5 Å². The quantitative estimate of drug-likeness (QED) is 0.238. The summed E-state index contributed by atoms with van der Waals surface area (Å²) < 4.78 is 10.6. The number of carbonyl (C=O) groups excluding carboxylic acids is 3. The first-order chi connectivity index (χ1) is 17.8. The molecule has 4 rings (SSSR count). The van der Waals surface area contributed by atoms with Gasteiger partial charge in [-0.3, -0.25) is 9.59 Å². The normalized spacial score (nSPS) is 20.3. The number of amides is 1. The maximum absolute atomic E-state index is 13.3. The molecule has 1 N–H and O–H groups in total. The number of carbonyl (C=O) groups is 3. The summed E-state index contributed by atoms with van der Waals surface area (Å²) in [7, 11) is 1.31. The molecule has 2 aliphatic rings. The number of methoxy groups -OCH3 is 1. The van der Waals surface area contributed by atoms with Crippen molar-refractivity contribution in [1.82, 2.24) is 9.80 Å². The summed E-state index contributed by atoms with van der Waals surface area (Å²) in [6.45, 7) is 9.08. The molecule has 2 aromatic carbocycles. The highest BCUT2D eigenvalue weighted by atomic mass is 16.5. The van der Waals surface area contributed by atoms with Crippen molar-refractivity contribution in [1.29, 1.82) is 0 Å². The Morgan fingerprint density at radius 2 is 1.78 bits per heavy atom. The van der Waals surface area contributed by atoms with Gasteiger partial charge in [-0.25, -0.2) is 4.79 Å². The molecule has 0 aromatic heterocycles. The minimum atomic E-state index is -0.771. The SMILES string of the molecule is CCN(CC)CCCN1C(=O)C(=O)C(=C(O)c2ccc3c(c2)C[C@H](C)O3)[C@@H]1c1ccc(C(=O)OC)cc1. The van der Waals surface area contributed by atoms with E-state index in [1.54, 1.807) is 36.4 Å². The number of likely N-dealkylation sites (tertiary alicyclic amines) is 1. The number of hydrogen-bond acceptors (Lipinski definition) is 7. The summed E-state index contributed by atoms with van der Waals surface area (Å²) in [6.07, 6.45) is 1.42. The summed E-state index contributed by atoms with van der Waals surface area (Å²) >= 11 is 0. The lowest BCUT2D eigenvalue weighted by Crippen LogP contribution is -2.33. The van der Waals surface area contributed by atoms with Gasteiger partial charge in [-0.15, -0.1) is 0 Å². The van der Waals surface area contributed by atoms with E-state index in [1.807, 2.05) is 13.0 Å². The van der Waals surface area contributed by atoms with Crippen molar-refractivity contribution in [3.63, 3.8) is 0 Å². The molecule has 0 radical (unpaired) electrons. The highest BCUT2D eigenvalue weighted by Gasteiger charge is 2.46. The Balaban J connectivity index is 1.74. The highest BCUT2D eigenvalue weighted by molar-refractivity contribution is 6.46. The van der Waals surface area contributed by atoms with Crippen LogP contribution in [-0.4, -0.2) is 72.0 Å². The van der Waals surface area contributed by atoms with Crippen LogP contribution in [0.25, 0.3) is 5.76 Å². The molecule has 2 atom stereocenters. The number of nitrogens with zero attached hydrogens (tertiary/aromatic N) is 2. The van der Waals surface area contributed by atoms with Crippen molar-refractivity contribution in [3.05, 3.63) is 70.3 Å². The Morgan fingerprint density at radius 1 is 1.11 bits per heavy atom. The molecule has 0 spiro atoms. The molecule has 1 amide bonds. The van der Waals surface area contributed by atoms with Crippen molar-refractivity contribution in [3.8, 4) is 5.75 Å². The lowest BCUT2D eigenvalue weighted by Gasteiger charge is -2.27. The molecule has 1 fully saturated rings. The number of esters is 1. The monoisotopic (exact) mass is 506 g/mol. The van der Waals surface area contributed by atoms with Gasteiger partial charge in [-0.1, -0.05) is 26.0 Å². The lowest BCUT2D eigenvalue weighted by molar-refractivity contribution is -0.140. The van der Waals surface area contributed by atoms with E-state index >= 15 is 0 Å². The maximum atomic E-state index is 13.3. The molecule has 2 aliphatic heterocycles. The number of Topliss-reactive ketones (excluding diaryl/α,β-unsaturated/α-hetero) is 1. The van der Waals surface area contributed by atoms with Crippen LogP contribution in [0.4, 0.5) is 0 Å². The van der Waals surface area contributed by atoms with Gasteiger partial charge in [0.25, 0.3) is 11.7 Å². The Morgan fingerprint density at radius 3 is 2.43 bits per heavy atom. The number of fused-ring (bicyclic) bond motifs is 1. The smallest absolute Gasteiger partial charge is 0.337 e. The van der Waals surface area contributed by atoms with Crippen LogP contribution in [0.2, 0.25) is 0 Å². The molecule has 2 heterocycles. The molecular formula is C29H34N2O6. The van der Waals surface area contributed by atoms with E-state index < -0.39 is 23.7 Å². The van der Waals surface area contributed by atoms with Crippen LogP contribution in [0.3, 0.4) is 0 Å². The second-order valence-corrected chi connectivity index (χ2v) is 9.44. The summed E-state index contributed by atoms with van der Waals surface area (Å²) in [4.78, 5) is 42.3. The lowest BCUT2D eigenvalue weighted by atomic mass is 9.94. The first kappa shape index (κ1) is 26.4. The van der Waals surface area contributed by atoms with Crippen molar-refractivity contribution >= 4 is 23.4 Å². The molecular weight excluding hydrogens is 472 g/mol. The fourth-order valence-electron chi connectivity index (χ4n) is 5.11. The van der Waals surface area contributed by atoms with Crippen LogP contribution in [-0.2, 0) is 20.7 Å². The fraction of sp³-hybridized carbons (Fsp3) is 0.414. The third-order valence-electron chi connectivity index (χ3n) is 7.12. The van der Waals surface area contributed by atoms with E-state index in [2.05, 4.69) is 18.7 Å². The standard InChI is InChI=1S/C29H34N2O6/c1-5-30(6-2)14-7-15-31-25(19-8-10-20(11-9-19)29(35)36-4)24(27(33)28(31)34)26(32)21-12-13-23-22(17-21)16-18(3)37-23/h8-13,17-18,25,32H,5-7,14-16H2,1-4H3/t18-,25-/m0/s1. The number of ether oxygens (including phenoxy) is 2. The van der Waals surface area contributed by atoms with E-state index in [-0.39, 0.29) is 17.4 Å². The van der Waals surface area contributed by atoms with Crippen LogP contribution >= 0.6 is 0 Å². The topological polar surface area (TPSA) is 96.4 Å². The van der Waals surface area contributed by atoms with E-state index in [4.69, 9.17) is 9.47 Å². The Kier molecular flexibility index (Phi) is 7.97. The third-order valence-corrected chi connectivity index (χ3v) is 7.12. The largest absolute Gasteiger partial charge is 0.507 e. The van der Waals surface area contributed by atoms with E-state index in [1.165, 1.54) is 12.0 Å². The van der Waals surface area contributed by atoms with Crippen LogP contribution in [0, 0.1) is 0 Å². The predicted molar refractivity (Wildman–Crippen MR) is 139 cm³/mol. The first-order valence-electron chi connectivity index (χ1n) is 12.8. The van der Waals surface area contributed by atoms with Gasteiger partial charge in [0.05, 0.1) is 24.3 Å². The average molecular weight is 507 g/mol. The number of aliphatic hydroxyl groups is 1. The van der Waals surface area contributed by atoms with Crippen LogP contribution in [0.15, 0.2) is 48.0 Å². The van der Waals surface area contributed by atoms with Crippen LogP contribution in [0.1, 0.15) is 60.3 Å². The molecule has 0 aliphatic carbocycles. The zero-order valence-electron chi connectivity index (χ0n) is 21.8. The second-order valence-electron chi connectivity index (χ2n) is 9.44. The zero-order valence-corrected chi connectivity index (χ0v) is 21.8. The van der Waals surface area contributed by atoms with Crippen molar-refractivity contribution in [2.45, 2.75) is 45.8 Å². The number of rotatable bonds is 9. The Hall–Kier alpha value is -3.65. The predicted octanol–water partition coefficient (Wildman–Crippen LogP) is 3.95. The zero-order chi connectivity index (χ0) is 26.7. The van der Waals surface area contributed by atoms with Gasteiger partial charge >= 0.3 is 5.97 Å². The Labute approximate surface area is 217 Å². The van der Waals surface area contributed by atoms with Crippen LogP contribution < -0.4 is 4.74 Å².